The number of pyridine rings is 1. The molecule has 0 unspecified atom stereocenters. The van der Waals surface area contributed by atoms with E-state index < -0.39 is 23.0 Å². The average molecular weight is 245 g/mol. The van der Waals surface area contributed by atoms with Gasteiger partial charge in [0.05, 0.1) is 6.61 Å². The predicted octanol–water partition coefficient (Wildman–Crippen LogP) is 1.35. The Labute approximate surface area is 96.8 Å². The van der Waals surface area contributed by atoms with Gasteiger partial charge < -0.3 is 9.30 Å². The number of halogens is 2. The maximum atomic E-state index is 13.8. The summed E-state index contributed by atoms with van der Waals surface area (Å²) in [4.78, 5) is 22.8. The van der Waals surface area contributed by atoms with Crippen molar-refractivity contribution >= 4 is 5.97 Å². The average Bonchev–Trinajstić information content (AvgIpc) is 2.24. The molecule has 0 radical (unpaired) electrons. The number of aromatic nitrogens is 1. The minimum absolute atomic E-state index is 0.0613. The van der Waals surface area contributed by atoms with Gasteiger partial charge in [0.2, 0.25) is 0 Å². The first kappa shape index (κ1) is 13.3. The van der Waals surface area contributed by atoms with E-state index in [1.54, 1.807) is 0 Å². The SMILES string of the molecule is CCOC(=O)C(F)(F)c1c(C)ccn(C)c1=O. The van der Waals surface area contributed by atoms with Crippen LogP contribution in [0.15, 0.2) is 17.1 Å². The molecule has 6 heteroatoms. The summed E-state index contributed by atoms with van der Waals surface area (Å²) in [5.41, 5.74) is -1.67. The van der Waals surface area contributed by atoms with Crippen molar-refractivity contribution in [1.29, 1.82) is 0 Å². The van der Waals surface area contributed by atoms with Crippen LogP contribution in [-0.2, 0) is 22.5 Å². The van der Waals surface area contributed by atoms with Gasteiger partial charge in [0.15, 0.2) is 0 Å². The molecule has 0 aliphatic carbocycles. The minimum atomic E-state index is -3.92. The summed E-state index contributed by atoms with van der Waals surface area (Å²) in [5.74, 6) is -5.62. The molecule has 0 saturated heterocycles. The van der Waals surface area contributed by atoms with E-state index in [2.05, 4.69) is 4.74 Å². The third kappa shape index (κ3) is 2.35. The Morgan fingerprint density at radius 1 is 1.53 bits per heavy atom. The molecule has 0 fully saturated rings. The molecule has 0 aliphatic rings. The number of esters is 1. The van der Waals surface area contributed by atoms with Crippen molar-refractivity contribution in [2.24, 2.45) is 7.05 Å². The Morgan fingerprint density at radius 3 is 2.65 bits per heavy atom. The Hall–Kier alpha value is -1.72. The summed E-state index contributed by atoms with van der Waals surface area (Å²) in [6, 6.07) is 1.35. The van der Waals surface area contributed by atoms with Gasteiger partial charge in [0.1, 0.15) is 5.56 Å². The molecule has 1 rings (SSSR count). The van der Waals surface area contributed by atoms with E-state index >= 15 is 0 Å². The normalized spacial score (nSPS) is 11.4. The van der Waals surface area contributed by atoms with Gasteiger partial charge in [0, 0.05) is 13.2 Å². The summed E-state index contributed by atoms with van der Waals surface area (Å²) < 4.78 is 32.8. The lowest BCUT2D eigenvalue weighted by molar-refractivity contribution is -0.173. The fraction of sp³-hybridized carbons (Fsp3) is 0.455. The van der Waals surface area contributed by atoms with Crippen molar-refractivity contribution in [3.63, 3.8) is 0 Å². The van der Waals surface area contributed by atoms with Crippen molar-refractivity contribution in [3.8, 4) is 0 Å². The summed E-state index contributed by atoms with van der Waals surface area (Å²) in [6.45, 7) is 2.61. The molecular formula is C11H13F2NO3. The monoisotopic (exact) mass is 245 g/mol. The van der Waals surface area contributed by atoms with Gasteiger partial charge in [-0.05, 0) is 25.5 Å². The van der Waals surface area contributed by atoms with Gasteiger partial charge in [-0.2, -0.15) is 8.78 Å². The third-order valence-electron chi connectivity index (χ3n) is 2.32. The molecule has 4 nitrogen and oxygen atoms in total. The maximum Gasteiger partial charge on any atom is 0.382 e. The fourth-order valence-corrected chi connectivity index (χ4v) is 1.43. The lowest BCUT2D eigenvalue weighted by Gasteiger charge is -2.16. The number of carbonyl (C=O) groups excluding carboxylic acids is 1. The van der Waals surface area contributed by atoms with Crippen molar-refractivity contribution < 1.29 is 18.3 Å². The Morgan fingerprint density at radius 2 is 2.12 bits per heavy atom. The first-order chi connectivity index (χ1) is 7.82. The highest BCUT2D eigenvalue weighted by atomic mass is 19.3. The molecule has 0 amide bonds. The number of alkyl halides is 2. The first-order valence-electron chi connectivity index (χ1n) is 5.04. The number of rotatable bonds is 3. The van der Waals surface area contributed by atoms with E-state index in [1.165, 1.54) is 33.2 Å². The summed E-state index contributed by atoms with van der Waals surface area (Å²) in [5, 5.41) is 0. The molecule has 0 aliphatic heterocycles. The minimum Gasteiger partial charge on any atom is -0.461 e. The Kier molecular flexibility index (Phi) is 3.65. The number of carbonyl (C=O) groups is 1. The van der Waals surface area contributed by atoms with Crippen LogP contribution in [-0.4, -0.2) is 17.1 Å². The molecule has 0 saturated carbocycles. The zero-order valence-corrected chi connectivity index (χ0v) is 9.79. The maximum absolute atomic E-state index is 13.8. The summed E-state index contributed by atoms with van der Waals surface area (Å²) in [6.07, 6.45) is 1.36. The largest absolute Gasteiger partial charge is 0.461 e. The molecule has 94 valence electrons. The molecule has 0 atom stereocenters. The van der Waals surface area contributed by atoms with E-state index in [0.29, 0.717) is 0 Å². The number of aryl methyl sites for hydroxylation is 2. The van der Waals surface area contributed by atoms with Gasteiger partial charge in [-0.15, -0.1) is 0 Å². The zero-order chi connectivity index (χ0) is 13.2. The molecule has 1 aromatic heterocycles. The van der Waals surface area contributed by atoms with Crippen molar-refractivity contribution in [2.45, 2.75) is 19.8 Å². The van der Waals surface area contributed by atoms with Crippen LogP contribution in [0, 0.1) is 6.92 Å². The lowest BCUT2D eigenvalue weighted by Crippen LogP contribution is -2.37. The smallest absolute Gasteiger partial charge is 0.382 e. The highest BCUT2D eigenvalue weighted by Crippen LogP contribution is 2.29. The first-order valence-corrected chi connectivity index (χ1v) is 5.04. The molecule has 0 N–H and O–H groups in total. The molecule has 1 heterocycles. The molecule has 1 aromatic rings. The van der Waals surface area contributed by atoms with Crippen LogP contribution in [0.4, 0.5) is 8.78 Å². The van der Waals surface area contributed by atoms with Crippen LogP contribution in [0.5, 0.6) is 0 Å². The van der Waals surface area contributed by atoms with Crippen LogP contribution in [0.2, 0.25) is 0 Å². The predicted molar refractivity (Wildman–Crippen MR) is 56.9 cm³/mol. The van der Waals surface area contributed by atoms with Crippen LogP contribution in [0.25, 0.3) is 0 Å². The quantitative estimate of drug-likeness (QED) is 0.755. The summed E-state index contributed by atoms with van der Waals surface area (Å²) in [7, 11) is 1.34. The molecule has 0 spiro atoms. The summed E-state index contributed by atoms with van der Waals surface area (Å²) >= 11 is 0. The van der Waals surface area contributed by atoms with Gasteiger partial charge in [-0.1, -0.05) is 0 Å². The van der Waals surface area contributed by atoms with Crippen LogP contribution < -0.4 is 5.56 Å². The van der Waals surface area contributed by atoms with E-state index in [4.69, 9.17) is 0 Å². The number of ether oxygens (including phenoxy) is 1. The second-order valence-corrected chi connectivity index (χ2v) is 3.58. The molecule has 0 bridgehead atoms. The third-order valence-corrected chi connectivity index (χ3v) is 2.32. The van der Waals surface area contributed by atoms with E-state index in [0.717, 1.165) is 4.57 Å². The van der Waals surface area contributed by atoms with E-state index in [9.17, 15) is 18.4 Å². The van der Waals surface area contributed by atoms with E-state index in [1.807, 2.05) is 0 Å². The van der Waals surface area contributed by atoms with Crippen LogP contribution >= 0.6 is 0 Å². The zero-order valence-electron chi connectivity index (χ0n) is 9.79. The number of hydrogen-bond acceptors (Lipinski definition) is 3. The molecule has 17 heavy (non-hydrogen) atoms. The lowest BCUT2D eigenvalue weighted by atomic mass is 10.1. The van der Waals surface area contributed by atoms with Gasteiger partial charge in [-0.25, -0.2) is 4.79 Å². The Bertz CT molecular complexity index is 494. The standard InChI is InChI=1S/C11H13F2NO3/c1-4-17-10(16)11(12,13)8-7(2)5-6-14(3)9(8)15/h5-6H,4H2,1-3H3. The van der Waals surface area contributed by atoms with Crippen molar-refractivity contribution in [1.82, 2.24) is 4.57 Å². The number of hydrogen-bond donors (Lipinski definition) is 0. The van der Waals surface area contributed by atoms with Crippen LogP contribution in [0.1, 0.15) is 18.1 Å². The van der Waals surface area contributed by atoms with Crippen molar-refractivity contribution in [2.75, 3.05) is 6.61 Å². The van der Waals surface area contributed by atoms with Crippen molar-refractivity contribution in [3.05, 3.63) is 33.7 Å². The second-order valence-electron chi connectivity index (χ2n) is 3.58. The van der Waals surface area contributed by atoms with E-state index in [-0.39, 0.29) is 12.2 Å². The topological polar surface area (TPSA) is 48.3 Å². The highest BCUT2D eigenvalue weighted by Gasteiger charge is 2.46. The second kappa shape index (κ2) is 4.65. The Balaban J connectivity index is 3.38. The fourth-order valence-electron chi connectivity index (χ4n) is 1.43. The van der Waals surface area contributed by atoms with Gasteiger partial charge >= 0.3 is 11.9 Å². The van der Waals surface area contributed by atoms with Crippen LogP contribution in [0.3, 0.4) is 0 Å². The highest BCUT2D eigenvalue weighted by molar-refractivity contribution is 5.79. The molecular weight excluding hydrogens is 232 g/mol. The van der Waals surface area contributed by atoms with Gasteiger partial charge in [0.25, 0.3) is 5.56 Å². The number of nitrogens with zero attached hydrogens (tertiary/aromatic N) is 1. The molecule has 0 aromatic carbocycles. The van der Waals surface area contributed by atoms with Gasteiger partial charge in [-0.3, -0.25) is 4.79 Å².